The highest BCUT2D eigenvalue weighted by Crippen LogP contribution is 2.65. The fraction of sp³-hybridized carbons (Fsp3) is 0.800. The van der Waals surface area contributed by atoms with Crippen molar-refractivity contribution in [2.24, 2.45) is 116 Å². The Kier molecular flexibility index (Phi) is 12.9. The van der Waals surface area contributed by atoms with Crippen molar-refractivity contribution in [3.05, 3.63) is 60.7 Å². The van der Waals surface area contributed by atoms with Crippen molar-refractivity contribution in [1.29, 1.82) is 0 Å². The molecule has 344 valence electrons. The van der Waals surface area contributed by atoms with Crippen LogP contribution in [0, 0.1) is 116 Å². The van der Waals surface area contributed by atoms with Crippen molar-refractivity contribution in [1.82, 2.24) is 0 Å². The molecule has 12 atom stereocenters. The summed E-state index contributed by atoms with van der Waals surface area (Å²) in [6.07, 6.45) is 31.4. The number of benzene rings is 2. The maximum atomic E-state index is 8.63. The molecule has 62 heavy (non-hydrogen) atoms. The Morgan fingerprint density at radius 1 is 0.306 bits per heavy atom. The first-order chi connectivity index (χ1) is 29.5. The lowest BCUT2D eigenvalue weighted by Crippen LogP contribution is -2.50. The van der Waals surface area contributed by atoms with Crippen LogP contribution in [0.4, 0.5) is 0 Å². The molecule has 2 nitrogen and oxygen atoms in total. The Morgan fingerprint density at radius 2 is 0.484 bits per heavy atom. The predicted octanol–water partition coefficient (Wildman–Crippen LogP) is 16.7. The summed E-state index contributed by atoms with van der Waals surface area (Å²) in [5.74, 6) is 18.3. The van der Waals surface area contributed by atoms with Gasteiger partial charge < -0.3 is 10.2 Å². The second-order valence-corrected chi connectivity index (χ2v) is 26.9. The molecule has 16 bridgehead atoms. The number of rotatable bonds is 0. The van der Waals surface area contributed by atoms with Gasteiger partial charge in [-0.05, 0) is 269 Å². The second-order valence-electron chi connectivity index (χ2n) is 26.9. The molecule has 0 aromatic heterocycles. The van der Waals surface area contributed by atoms with Gasteiger partial charge in [0.05, 0.1) is 0 Å². The predicted molar refractivity (Wildman–Crippen MR) is 260 cm³/mol. The van der Waals surface area contributed by atoms with Crippen molar-refractivity contribution < 1.29 is 10.2 Å². The van der Waals surface area contributed by atoms with Gasteiger partial charge in [0.25, 0.3) is 0 Å². The lowest BCUT2D eigenvalue weighted by molar-refractivity contribution is -0.0907. The van der Waals surface area contributed by atoms with E-state index in [1.165, 1.54) is 0 Å². The third-order valence-corrected chi connectivity index (χ3v) is 22.5. The maximum Gasteiger partial charge on any atom is 0.115 e. The van der Waals surface area contributed by atoms with Crippen LogP contribution in [0.2, 0.25) is 0 Å². The van der Waals surface area contributed by atoms with Crippen molar-refractivity contribution in [2.45, 2.75) is 184 Å². The molecule has 16 saturated carbocycles. The van der Waals surface area contributed by atoms with Crippen molar-refractivity contribution >= 4 is 0 Å². The summed E-state index contributed by atoms with van der Waals surface area (Å²) in [4.78, 5) is 0. The Bertz CT molecular complexity index is 1490. The van der Waals surface area contributed by atoms with E-state index in [4.69, 9.17) is 10.2 Å². The van der Waals surface area contributed by atoms with E-state index in [0.717, 1.165) is 116 Å². The minimum atomic E-state index is 0.322. The smallest absolute Gasteiger partial charge is 0.115 e. The molecule has 0 amide bonds. The van der Waals surface area contributed by atoms with Gasteiger partial charge in [0.1, 0.15) is 11.5 Å². The molecule has 0 saturated heterocycles. The van der Waals surface area contributed by atoms with E-state index in [1.54, 1.807) is 177 Å². The van der Waals surface area contributed by atoms with E-state index < -0.39 is 0 Å². The van der Waals surface area contributed by atoms with Gasteiger partial charge in [-0.3, -0.25) is 0 Å². The number of para-hydroxylation sites is 2. The average Bonchev–Trinajstić information content (AvgIpc) is 3.20. The van der Waals surface area contributed by atoms with Crippen LogP contribution in [0.15, 0.2) is 60.7 Å². The molecule has 16 aliphatic rings. The van der Waals surface area contributed by atoms with Crippen LogP contribution in [0.25, 0.3) is 0 Å². The average molecular weight is 845 g/mol. The van der Waals surface area contributed by atoms with Crippen molar-refractivity contribution in [3.63, 3.8) is 0 Å². The highest BCUT2D eigenvalue weighted by atomic mass is 16.3. The van der Waals surface area contributed by atoms with E-state index in [1.807, 2.05) is 12.1 Å². The Balaban J connectivity index is 0.0000000962. The van der Waals surface area contributed by atoms with Gasteiger partial charge in [-0.1, -0.05) is 91.8 Å². The SMILES string of the molecule is CC1C2CC3CC(C2)CC1(C)C3.CC1C2CC3CC(C2)CC1(C)C3.CC1C2CC3CC(C2)CC1(C)C3.CC1C2CC3CC(C2)CC1(C)C3.Oc1ccccc1.Oc1ccccc1. The normalized spacial score (nSPS) is 50.3. The van der Waals surface area contributed by atoms with E-state index in [-0.39, 0.29) is 0 Å². The van der Waals surface area contributed by atoms with E-state index in [2.05, 4.69) is 55.4 Å². The number of hydrogen-bond acceptors (Lipinski definition) is 2. The van der Waals surface area contributed by atoms with Gasteiger partial charge >= 0.3 is 0 Å². The Morgan fingerprint density at radius 3 is 0.613 bits per heavy atom. The van der Waals surface area contributed by atoms with E-state index in [9.17, 15) is 0 Å². The molecule has 2 aromatic carbocycles. The van der Waals surface area contributed by atoms with Gasteiger partial charge in [0, 0.05) is 0 Å². The number of aromatic hydroxyl groups is 2. The van der Waals surface area contributed by atoms with Crippen molar-refractivity contribution in [2.75, 3.05) is 0 Å². The summed E-state index contributed by atoms with van der Waals surface area (Å²) in [6.45, 7) is 20.3. The topological polar surface area (TPSA) is 40.5 Å². The second kappa shape index (κ2) is 17.7. The summed E-state index contributed by atoms with van der Waals surface area (Å²) in [5, 5.41) is 17.3. The summed E-state index contributed by atoms with van der Waals surface area (Å²) < 4.78 is 0. The summed E-state index contributed by atoms with van der Waals surface area (Å²) in [5.41, 5.74) is 3.03. The monoisotopic (exact) mass is 845 g/mol. The standard InChI is InChI=1S/4C12H20.2C6H6O/c4*1-8-11-4-9-3-10(5-11)7-12(8,2)6-9;2*7-6-4-2-1-3-5-6/h4*8-11H,3-7H2,1-2H3;2*1-5,7H. The Labute approximate surface area is 381 Å². The molecular formula is C60H92O2. The number of phenolic OH excluding ortho intramolecular Hbond substituents is 2. The van der Waals surface area contributed by atoms with Crippen LogP contribution in [-0.2, 0) is 0 Å². The minimum Gasteiger partial charge on any atom is -0.508 e. The number of hydrogen-bond donors (Lipinski definition) is 2. The molecule has 16 aliphatic carbocycles. The molecule has 2 heteroatoms. The molecule has 0 aliphatic heterocycles. The summed E-state index contributed by atoms with van der Waals surface area (Å²) in [7, 11) is 0. The molecular weight excluding hydrogens is 753 g/mol. The third kappa shape index (κ3) is 9.36. The first kappa shape index (κ1) is 45.2. The lowest BCUT2D eigenvalue weighted by Gasteiger charge is -2.59. The van der Waals surface area contributed by atoms with Crippen LogP contribution in [-0.4, -0.2) is 10.2 Å². The number of phenols is 2. The summed E-state index contributed by atoms with van der Waals surface area (Å²) >= 11 is 0. The minimum absolute atomic E-state index is 0.322. The van der Waals surface area contributed by atoms with Crippen LogP contribution in [0.5, 0.6) is 11.5 Å². The zero-order chi connectivity index (χ0) is 43.6. The first-order valence-corrected chi connectivity index (χ1v) is 27.0. The fourth-order valence-corrected chi connectivity index (χ4v) is 19.7. The maximum absolute atomic E-state index is 8.63. The molecule has 16 fully saturated rings. The molecule has 18 rings (SSSR count). The first-order valence-electron chi connectivity index (χ1n) is 27.0. The zero-order valence-electron chi connectivity index (χ0n) is 41.0. The largest absolute Gasteiger partial charge is 0.508 e. The van der Waals surface area contributed by atoms with Gasteiger partial charge in [-0.2, -0.15) is 0 Å². The van der Waals surface area contributed by atoms with Gasteiger partial charge in [0.2, 0.25) is 0 Å². The van der Waals surface area contributed by atoms with Gasteiger partial charge in [-0.15, -0.1) is 0 Å². The molecule has 2 N–H and O–H groups in total. The summed E-state index contributed by atoms with van der Waals surface area (Å²) in [6, 6.07) is 17.4. The van der Waals surface area contributed by atoms with Crippen LogP contribution >= 0.6 is 0 Å². The molecule has 12 unspecified atom stereocenters. The highest BCUT2D eigenvalue weighted by Gasteiger charge is 2.55. The van der Waals surface area contributed by atoms with Gasteiger partial charge in [-0.25, -0.2) is 0 Å². The van der Waals surface area contributed by atoms with E-state index >= 15 is 0 Å². The molecule has 0 radical (unpaired) electrons. The molecule has 0 heterocycles. The lowest BCUT2D eigenvalue weighted by atomic mass is 9.46. The third-order valence-electron chi connectivity index (χ3n) is 22.5. The fourth-order valence-electron chi connectivity index (χ4n) is 19.7. The quantitative estimate of drug-likeness (QED) is 0.277. The van der Waals surface area contributed by atoms with E-state index in [0.29, 0.717) is 11.5 Å². The Hall–Kier alpha value is -1.96. The van der Waals surface area contributed by atoms with Crippen LogP contribution < -0.4 is 0 Å². The van der Waals surface area contributed by atoms with Crippen molar-refractivity contribution in [3.8, 4) is 11.5 Å². The van der Waals surface area contributed by atoms with Crippen LogP contribution in [0.1, 0.15) is 184 Å². The van der Waals surface area contributed by atoms with Gasteiger partial charge in [0.15, 0.2) is 0 Å². The zero-order valence-corrected chi connectivity index (χ0v) is 41.0. The molecule has 0 spiro atoms. The van der Waals surface area contributed by atoms with Crippen LogP contribution in [0.3, 0.4) is 0 Å². The highest BCUT2D eigenvalue weighted by molar-refractivity contribution is 5.19. The molecule has 2 aromatic rings.